The van der Waals surface area contributed by atoms with Crippen LogP contribution >= 0.6 is 23.1 Å². The van der Waals surface area contributed by atoms with Crippen LogP contribution in [0.2, 0.25) is 0 Å². The lowest BCUT2D eigenvalue weighted by Crippen LogP contribution is -2.12. The fraction of sp³-hybridized carbons (Fsp3) is 0.250. The summed E-state index contributed by atoms with van der Waals surface area (Å²) >= 11 is 2.55. The topological polar surface area (TPSA) is 88.4 Å². The molecular formula is C20H20N2O4S2. The second-order valence-corrected chi connectivity index (χ2v) is 7.50. The molecule has 0 atom stereocenters. The molecule has 1 heterocycles. The minimum absolute atomic E-state index is 0.155. The quantitative estimate of drug-likeness (QED) is 0.401. The van der Waals surface area contributed by atoms with E-state index in [1.165, 1.54) is 30.2 Å². The Hall–Kier alpha value is -2.76. The maximum absolute atomic E-state index is 12.7. The van der Waals surface area contributed by atoms with Gasteiger partial charge in [0.05, 0.1) is 18.7 Å². The Bertz CT molecular complexity index is 943. The van der Waals surface area contributed by atoms with E-state index in [4.69, 9.17) is 4.74 Å². The maximum atomic E-state index is 12.7. The van der Waals surface area contributed by atoms with Gasteiger partial charge in [-0.2, -0.15) is 5.26 Å². The first-order chi connectivity index (χ1) is 13.5. The van der Waals surface area contributed by atoms with E-state index in [2.05, 4.69) is 10.1 Å². The van der Waals surface area contributed by atoms with Gasteiger partial charge in [-0.3, -0.25) is 0 Å². The van der Waals surface area contributed by atoms with Gasteiger partial charge in [0.15, 0.2) is 5.57 Å². The highest BCUT2D eigenvalue weighted by Crippen LogP contribution is 2.41. The fourth-order valence-corrected chi connectivity index (χ4v) is 4.26. The van der Waals surface area contributed by atoms with Crippen molar-refractivity contribution in [2.24, 2.45) is 0 Å². The van der Waals surface area contributed by atoms with E-state index >= 15 is 0 Å². The summed E-state index contributed by atoms with van der Waals surface area (Å²) in [5, 5.41) is 13.2. The molecule has 0 amide bonds. The van der Waals surface area contributed by atoms with Gasteiger partial charge in [-0.25, -0.2) is 9.59 Å². The summed E-state index contributed by atoms with van der Waals surface area (Å²) < 4.78 is 9.94. The van der Waals surface area contributed by atoms with Crippen LogP contribution < -0.4 is 5.32 Å². The molecule has 1 N–H and O–H groups in total. The van der Waals surface area contributed by atoms with Crippen molar-refractivity contribution in [1.29, 1.82) is 5.26 Å². The van der Waals surface area contributed by atoms with Gasteiger partial charge in [-0.15, -0.1) is 23.1 Å². The molecule has 0 spiro atoms. The van der Waals surface area contributed by atoms with Gasteiger partial charge in [-0.1, -0.05) is 30.3 Å². The zero-order valence-electron chi connectivity index (χ0n) is 16.0. The predicted octanol–water partition coefficient (Wildman–Crippen LogP) is 4.58. The lowest BCUT2D eigenvalue weighted by atomic mass is 10.0. The fourth-order valence-electron chi connectivity index (χ4n) is 2.59. The van der Waals surface area contributed by atoms with E-state index in [9.17, 15) is 14.9 Å². The van der Waals surface area contributed by atoms with Crippen molar-refractivity contribution < 1.29 is 19.1 Å². The SMILES string of the molecule is CCOC(=O)c1c(N/C(SC)=C(\C#N)C(=O)OC)sc(C)c1-c1ccccc1. The number of anilines is 1. The van der Waals surface area contributed by atoms with Crippen LogP contribution in [0.4, 0.5) is 5.00 Å². The summed E-state index contributed by atoms with van der Waals surface area (Å²) in [7, 11) is 1.21. The summed E-state index contributed by atoms with van der Waals surface area (Å²) in [6, 6.07) is 11.4. The smallest absolute Gasteiger partial charge is 0.351 e. The standard InChI is InChI=1S/C20H20N2O4S2/c1-5-26-20(24)16-15(13-9-7-6-8-10-13)12(2)28-18(16)22-17(27-4)14(11-21)19(23)25-3/h6-10,22H,5H2,1-4H3/b17-14-. The molecule has 146 valence electrons. The van der Waals surface area contributed by atoms with Crippen molar-refractivity contribution in [3.8, 4) is 17.2 Å². The minimum Gasteiger partial charge on any atom is -0.465 e. The maximum Gasteiger partial charge on any atom is 0.351 e. The number of thioether (sulfide) groups is 1. The Labute approximate surface area is 172 Å². The Kier molecular flexibility index (Phi) is 7.67. The van der Waals surface area contributed by atoms with E-state index in [1.54, 1.807) is 13.2 Å². The molecule has 0 aliphatic heterocycles. The molecule has 0 aliphatic carbocycles. The Morgan fingerprint density at radius 2 is 1.96 bits per heavy atom. The molecule has 0 saturated heterocycles. The number of hydrogen-bond donors (Lipinski definition) is 1. The summed E-state index contributed by atoms with van der Waals surface area (Å²) in [5.74, 6) is -1.21. The van der Waals surface area contributed by atoms with Crippen LogP contribution in [0.25, 0.3) is 11.1 Å². The molecule has 0 radical (unpaired) electrons. The summed E-state index contributed by atoms with van der Waals surface area (Å²) in [6.07, 6.45) is 1.73. The van der Waals surface area contributed by atoms with E-state index in [0.717, 1.165) is 16.0 Å². The number of carbonyl (C=O) groups excluding carboxylic acids is 2. The summed E-state index contributed by atoms with van der Waals surface area (Å²) in [6.45, 7) is 3.89. The largest absolute Gasteiger partial charge is 0.465 e. The number of methoxy groups -OCH3 is 1. The number of thiophene rings is 1. The van der Waals surface area contributed by atoms with E-state index in [1.807, 2.05) is 43.3 Å². The Morgan fingerprint density at radius 3 is 2.50 bits per heavy atom. The van der Waals surface area contributed by atoms with Gasteiger partial charge in [0.1, 0.15) is 16.6 Å². The van der Waals surface area contributed by atoms with Crippen molar-refractivity contribution in [1.82, 2.24) is 0 Å². The molecule has 0 aliphatic rings. The van der Waals surface area contributed by atoms with Crippen LogP contribution in [-0.4, -0.2) is 31.9 Å². The van der Waals surface area contributed by atoms with Crippen molar-refractivity contribution in [3.63, 3.8) is 0 Å². The number of aryl methyl sites for hydroxylation is 1. The number of carbonyl (C=O) groups is 2. The van der Waals surface area contributed by atoms with Gasteiger partial charge in [0, 0.05) is 10.4 Å². The van der Waals surface area contributed by atoms with Gasteiger partial charge in [0.25, 0.3) is 0 Å². The van der Waals surface area contributed by atoms with Gasteiger partial charge >= 0.3 is 11.9 Å². The molecule has 2 aromatic rings. The number of benzene rings is 1. The lowest BCUT2D eigenvalue weighted by Gasteiger charge is -2.12. The summed E-state index contributed by atoms with van der Waals surface area (Å²) in [4.78, 5) is 25.6. The molecule has 0 bridgehead atoms. The third-order valence-corrected chi connectivity index (χ3v) is 5.52. The van der Waals surface area contributed by atoms with E-state index in [-0.39, 0.29) is 12.2 Å². The number of nitrogens with one attached hydrogen (secondary N) is 1. The molecular weight excluding hydrogens is 396 g/mol. The molecule has 1 aromatic heterocycles. The van der Waals surface area contributed by atoms with E-state index in [0.29, 0.717) is 15.6 Å². The second-order valence-electron chi connectivity index (χ2n) is 5.46. The first kappa shape index (κ1) is 21.5. The zero-order chi connectivity index (χ0) is 20.7. The van der Waals surface area contributed by atoms with E-state index < -0.39 is 11.9 Å². The molecule has 0 unspecified atom stereocenters. The highest BCUT2D eigenvalue weighted by molar-refractivity contribution is 8.02. The third-order valence-electron chi connectivity index (χ3n) is 3.79. The lowest BCUT2D eigenvalue weighted by molar-refractivity contribution is -0.135. The average Bonchev–Trinajstić information content (AvgIpc) is 3.04. The zero-order valence-corrected chi connectivity index (χ0v) is 17.6. The molecule has 0 saturated carbocycles. The van der Waals surface area contributed by atoms with Crippen LogP contribution in [0.3, 0.4) is 0 Å². The second kappa shape index (κ2) is 9.97. The van der Waals surface area contributed by atoms with Crippen LogP contribution in [0.15, 0.2) is 40.9 Å². The van der Waals surface area contributed by atoms with Crippen molar-refractivity contribution in [2.45, 2.75) is 13.8 Å². The third kappa shape index (κ3) is 4.55. The molecule has 0 fully saturated rings. The number of esters is 2. The average molecular weight is 417 g/mol. The molecule has 6 nitrogen and oxygen atoms in total. The Morgan fingerprint density at radius 1 is 1.29 bits per heavy atom. The first-order valence-corrected chi connectivity index (χ1v) is 10.4. The highest BCUT2D eigenvalue weighted by Gasteiger charge is 2.26. The van der Waals surface area contributed by atoms with Crippen LogP contribution in [0.5, 0.6) is 0 Å². The molecule has 8 heteroatoms. The predicted molar refractivity (Wildman–Crippen MR) is 112 cm³/mol. The highest BCUT2D eigenvalue weighted by atomic mass is 32.2. The van der Waals surface area contributed by atoms with Crippen LogP contribution in [0.1, 0.15) is 22.2 Å². The monoisotopic (exact) mass is 416 g/mol. The molecule has 1 aromatic carbocycles. The van der Waals surface area contributed by atoms with Crippen molar-refractivity contribution in [3.05, 3.63) is 51.4 Å². The molecule has 28 heavy (non-hydrogen) atoms. The van der Waals surface area contributed by atoms with Gasteiger partial charge in [0.2, 0.25) is 0 Å². The van der Waals surface area contributed by atoms with Gasteiger partial charge in [-0.05, 0) is 25.7 Å². The van der Waals surface area contributed by atoms with Crippen molar-refractivity contribution in [2.75, 3.05) is 25.3 Å². The van der Waals surface area contributed by atoms with Crippen molar-refractivity contribution >= 4 is 40.0 Å². The summed E-state index contributed by atoms with van der Waals surface area (Å²) in [5.41, 5.74) is 1.88. The molecule has 2 rings (SSSR count). The van der Waals surface area contributed by atoms with Crippen LogP contribution in [0, 0.1) is 18.3 Å². The Balaban J connectivity index is 2.65. The number of ether oxygens (including phenoxy) is 2. The first-order valence-electron chi connectivity index (χ1n) is 8.38. The normalized spacial score (nSPS) is 11.2. The minimum atomic E-state index is -0.742. The van der Waals surface area contributed by atoms with Crippen LogP contribution in [-0.2, 0) is 14.3 Å². The number of nitrogens with zero attached hydrogens (tertiary/aromatic N) is 1. The number of nitriles is 1. The number of rotatable bonds is 7. The van der Waals surface area contributed by atoms with Gasteiger partial charge < -0.3 is 14.8 Å². The number of hydrogen-bond acceptors (Lipinski definition) is 8.